The van der Waals surface area contributed by atoms with Crippen LogP contribution in [0.1, 0.15) is 12.7 Å². The number of anilines is 3. The molecule has 0 aliphatic carbocycles. The van der Waals surface area contributed by atoms with Gasteiger partial charge >= 0.3 is 6.09 Å². The molecule has 0 saturated carbocycles. The Labute approximate surface area is 190 Å². The number of benzene rings is 1. The average Bonchev–Trinajstić information content (AvgIpc) is 3.12. The van der Waals surface area contributed by atoms with E-state index < -0.39 is 18.0 Å². The van der Waals surface area contributed by atoms with Crippen LogP contribution in [-0.4, -0.2) is 67.3 Å². The van der Waals surface area contributed by atoms with Gasteiger partial charge < -0.3 is 19.9 Å². The van der Waals surface area contributed by atoms with Crippen LogP contribution < -0.4 is 20.0 Å². The first-order valence-electron chi connectivity index (χ1n) is 10.3. The smallest absolute Gasteiger partial charge is 0.414 e. The number of aryl methyl sites for hydroxylation is 1. The van der Waals surface area contributed by atoms with Gasteiger partial charge in [-0.3, -0.25) is 9.69 Å². The SMILES string of the molecule is CC(=O)NC[C@H]1CN(c2ccc(N3CCN(c4cc(Cl)nc(C)n4)CC3)c(F)c2)C(=O)O1. The molecule has 32 heavy (non-hydrogen) atoms. The second-order valence-electron chi connectivity index (χ2n) is 7.76. The molecular weight excluding hydrogens is 439 g/mol. The Morgan fingerprint density at radius 1 is 1.22 bits per heavy atom. The van der Waals surface area contributed by atoms with E-state index in [2.05, 4.69) is 20.2 Å². The van der Waals surface area contributed by atoms with Gasteiger partial charge in [0.2, 0.25) is 5.91 Å². The van der Waals surface area contributed by atoms with Gasteiger partial charge in [-0.05, 0) is 25.1 Å². The molecule has 11 heteroatoms. The normalized spacial score (nSPS) is 18.7. The van der Waals surface area contributed by atoms with Crippen molar-refractivity contribution in [2.24, 2.45) is 0 Å². The number of nitrogens with one attached hydrogen (secondary N) is 1. The number of piperazine rings is 1. The number of rotatable bonds is 5. The highest BCUT2D eigenvalue weighted by Gasteiger charge is 2.33. The van der Waals surface area contributed by atoms with E-state index in [9.17, 15) is 14.0 Å². The van der Waals surface area contributed by atoms with E-state index in [0.29, 0.717) is 48.5 Å². The van der Waals surface area contributed by atoms with Crippen LogP contribution in [-0.2, 0) is 9.53 Å². The Morgan fingerprint density at radius 2 is 1.94 bits per heavy atom. The maximum atomic E-state index is 15.0. The molecule has 2 aliphatic rings. The Morgan fingerprint density at radius 3 is 2.59 bits per heavy atom. The first-order chi connectivity index (χ1) is 15.3. The zero-order valence-electron chi connectivity index (χ0n) is 17.8. The molecule has 0 bridgehead atoms. The molecule has 9 nitrogen and oxygen atoms in total. The Bertz CT molecular complexity index is 1010. The van der Waals surface area contributed by atoms with Gasteiger partial charge in [0, 0.05) is 39.2 Å². The molecule has 1 atom stereocenters. The fourth-order valence-electron chi connectivity index (χ4n) is 3.87. The summed E-state index contributed by atoms with van der Waals surface area (Å²) >= 11 is 6.04. The summed E-state index contributed by atoms with van der Waals surface area (Å²) in [7, 11) is 0. The van der Waals surface area contributed by atoms with Crippen molar-refractivity contribution >= 4 is 40.8 Å². The van der Waals surface area contributed by atoms with E-state index in [1.807, 2.05) is 4.90 Å². The summed E-state index contributed by atoms with van der Waals surface area (Å²) in [6.07, 6.45) is -1.03. The molecule has 2 amide bonds. The lowest BCUT2D eigenvalue weighted by Crippen LogP contribution is -2.47. The topological polar surface area (TPSA) is 90.9 Å². The number of amides is 2. The molecule has 0 spiro atoms. The number of nitrogens with zero attached hydrogens (tertiary/aromatic N) is 5. The molecule has 3 heterocycles. The first kappa shape index (κ1) is 22.1. The number of hydrogen-bond donors (Lipinski definition) is 1. The molecule has 2 aromatic rings. The number of aromatic nitrogens is 2. The van der Waals surface area contributed by atoms with E-state index in [1.165, 1.54) is 17.9 Å². The summed E-state index contributed by atoms with van der Waals surface area (Å²) in [6, 6.07) is 6.46. The summed E-state index contributed by atoms with van der Waals surface area (Å²) in [5.74, 6) is 0.763. The minimum Gasteiger partial charge on any atom is -0.442 e. The van der Waals surface area contributed by atoms with Crippen molar-refractivity contribution in [3.8, 4) is 0 Å². The van der Waals surface area contributed by atoms with Crippen molar-refractivity contribution in [2.45, 2.75) is 20.0 Å². The fourth-order valence-corrected chi connectivity index (χ4v) is 4.09. The molecule has 0 radical (unpaired) electrons. The lowest BCUT2D eigenvalue weighted by Gasteiger charge is -2.37. The molecule has 2 fully saturated rings. The maximum absolute atomic E-state index is 15.0. The number of carbonyl (C=O) groups is 2. The van der Waals surface area contributed by atoms with Gasteiger partial charge in [-0.2, -0.15) is 0 Å². The van der Waals surface area contributed by atoms with Crippen LogP contribution in [0.5, 0.6) is 0 Å². The van der Waals surface area contributed by atoms with Crippen LogP contribution in [0.2, 0.25) is 5.15 Å². The second-order valence-corrected chi connectivity index (χ2v) is 8.15. The van der Waals surface area contributed by atoms with Crippen molar-refractivity contribution in [3.63, 3.8) is 0 Å². The van der Waals surface area contributed by atoms with Gasteiger partial charge in [-0.1, -0.05) is 11.6 Å². The standard InChI is InChI=1S/C21H24ClFN6O3/c1-13-25-19(22)10-20(26-13)28-7-5-27(6-8-28)18-4-3-15(9-17(18)23)29-12-16(32-21(29)31)11-24-14(2)30/h3-4,9-10,16H,5-8,11-12H2,1-2H3,(H,24,30)/t16-/m0/s1. The third-order valence-corrected chi connectivity index (χ3v) is 5.63. The van der Waals surface area contributed by atoms with Gasteiger partial charge in [0.05, 0.1) is 24.5 Å². The molecule has 1 aromatic carbocycles. The van der Waals surface area contributed by atoms with E-state index in [4.69, 9.17) is 16.3 Å². The lowest BCUT2D eigenvalue weighted by molar-refractivity contribution is -0.119. The molecule has 1 N–H and O–H groups in total. The highest BCUT2D eigenvalue weighted by molar-refractivity contribution is 6.29. The number of cyclic esters (lactones) is 1. The zero-order chi connectivity index (χ0) is 22.8. The van der Waals surface area contributed by atoms with Gasteiger partial charge in [0.1, 0.15) is 28.7 Å². The molecule has 2 aliphatic heterocycles. The van der Waals surface area contributed by atoms with Crippen LogP contribution in [0.15, 0.2) is 24.3 Å². The number of halogens is 2. The third-order valence-electron chi connectivity index (χ3n) is 5.43. The lowest BCUT2D eigenvalue weighted by atomic mass is 10.2. The molecule has 1 aromatic heterocycles. The summed E-state index contributed by atoms with van der Waals surface area (Å²) in [5, 5.41) is 3.02. The molecular formula is C21H24ClFN6O3. The van der Waals surface area contributed by atoms with Gasteiger partial charge in [-0.25, -0.2) is 19.2 Å². The molecule has 0 unspecified atom stereocenters. The minimum absolute atomic E-state index is 0.201. The monoisotopic (exact) mass is 462 g/mol. The van der Waals surface area contributed by atoms with Crippen LogP contribution in [0, 0.1) is 12.7 Å². The molecule has 170 valence electrons. The van der Waals surface area contributed by atoms with Crippen LogP contribution in [0.4, 0.5) is 26.4 Å². The highest BCUT2D eigenvalue weighted by Crippen LogP contribution is 2.29. The van der Waals surface area contributed by atoms with Crippen molar-refractivity contribution < 1.29 is 18.7 Å². The zero-order valence-corrected chi connectivity index (χ0v) is 18.6. The number of hydrogen-bond acceptors (Lipinski definition) is 7. The fraction of sp³-hybridized carbons (Fsp3) is 0.429. The summed E-state index contributed by atoms with van der Waals surface area (Å²) in [4.78, 5) is 37.2. The van der Waals surface area contributed by atoms with Crippen molar-refractivity contribution in [1.29, 1.82) is 0 Å². The third kappa shape index (κ3) is 4.85. The summed E-state index contributed by atoms with van der Waals surface area (Å²) in [6.45, 7) is 6.21. The van der Waals surface area contributed by atoms with Gasteiger partial charge in [-0.15, -0.1) is 0 Å². The molecule has 4 rings (SSSR count). The second kappa shape index (κ2) is 9.15. The van der Waals surface area contributed by atoms with Crippen LogP contribution in [0.3, 0.4) is 0 Å². The van der Waals surface area contributed by atoms with Gasteiger partial charge in [0.25, 0.3) is 0 Å². The van der Waals surface area contributed by atoms with Crippen LogP contribution >= 0.6 is 11.6 Å². The van der Waals surface area contributed by atoms with Crippen molar-refractivity contribution in [1.82, 2.24) is 15.3 Å². The quantitative estimate of drug-likeness (QED) is 0.682. The Balaban J connectivity index is 1.40. The highest BCUT2D eigenvalue weighted by atomic mass is 35.5. The van der Waals surface area contributed by atoms with Crippen molar-refractivity contribution in [3.05, 3.63) is 41.1 Å². The maximum Gasteiger partial charge on any atom is 0.414 e. The predicted molar refractivity (Wildman–Crippen MR) is 119 cm³/mol. The summed E-state index contributed by atoms with van der Waals surface area (Å²) in [5.41, 5.74) is 0.902. The number of ether oxygens (including phenoxy) is 1. The van der Waals surface area contributed by atoms with E-state index >= 15 is 0 Å². The van der Waals surface area contributed by atoms with Crippen molar-refractivity contribution in [2.75, 3.05) is 54.0 Å². The van der Waals surface area contributed by atoms with Crippen LogP contribution in [0.25, 0.3) is 0 Å². The number of carbonyl (C=O) groups excluding carboxylic acids is 2. The Kier molecular flexibility index (Phi) is 6.31. The molecule has 2 saturated heterocycles. The first-order valence-corrected chi connectivity index (χ1v) is 10.7. The van der Waals surface area contributed by atoms with E-state index in [-0.39, 0.29) is 19.0 Å². The largest absolute Gasteiger partial charge is 0.442 e. The predicted octanol–water partition coefficient (Wildman–Crippen LogP) is 2.37. The minimum atomic E-state index is -0.556. The average molecular weight is 463 g/mol. The Hall–Kier alpha value is -3.14. The van der Waals surface area contributed by atoms with Gasteiger partial charge in [0.15, 0.2) is 0 Å². The van der Waals surface area contributed by atoms with E-state index in [1.54, 1.807) is 25.1 Å². The van der Waals surface area contributed by atoms with E-state index in [0.717, 1.165) is 5.82 Å². The summed E-state index contributed by atoms with van der Waals surface area (Å²) < 4.78 is 20.2.